The van der Waals surface area contributed by atoms with Crippen LogP contribution >= 0.6 is 0 Å². The van der Waals surface area contributed by atoms with E-state index in [9.17, 15) is 9.59 Å². The van der Waals surface area contributed by atoms with Crippen LogP contribution in [0.5, 0.6) is 0 Å². The molecule has 0 saturated heterocycles. The highest BCUT2D eigenvalue weighted by atomic mass is 35.5. The van der Waals surface area contributed by atoms with Crippen LogP contribution in [0.1, 0.15) is 199 Å². The number of carbonyl (C=O) groups excluding carboxylic acids is 2. The van der Waals surface area contributed by atoms with Crippen molar-refractivity contribution in [1.29, 1.82) is 0 Å². The van der Waals surface area contributed by atoms with E-state index in [1.807, 2.05) is 37.4 Å². The predicted octanol–water partition coefficient (Wildman–Crippen LogP) is 10.8. The SMILES string of the molecule is CCCCCCCCC=CCCCCCCCC(=O)[N+](C)(Cc1ccccc1)C(=O)CCCCCCCC=CCCCCCCCC.[Cl-]. The lowest BCUT2D eigenvalue weighted by Gasteiger charge is -2.29. The van der Waals surface area contributed by atoms with E-state index in [0.29, 0.717) is 19.4 Å². The molecule has 0 atom stereocenters. The van der Waals surface area contributed by atoms with E-state index in [1.165, 1.54) is 141 Å². The third-order valence-electron chi connectivity index (χ3n) is 9.75. The van der Waals surface area contributed by atoms with Crippen molar-refractivity contribution in [2.45, 2.75) is 200 Å². The molecule has 0 bridgehead atoms. The highest BCUT2D eigenvalue weighted by Crippen LogP contribution is 2.21. The van der Waals surface area contributed by atoms with Crippen LogP contribution in [0, 0.1) is 0 Å². The summed E-state index contributed by atoms with van der Waals surface area (Å²) in [6.45, 7) is 5.01. The van der Waals surface area contributed by atoms with Gasteiger partial charge in [0, 0.05) is 5.56 Å². The van der Waals surface area contributed by atoms with Gasteiger partial charge in [-0.2, -0.15) is 4.48 Å². The first kappa shape index (κ1) is 46.3. The fourth-order valence-corrected chi connectivity index (χ4v) is 6.45. The van der Waals surface area contributed by atoms with Gasteiger partial charge in [0.1, 0.15) is 6.54 Å². The number of amides is 2. The standard InChI is InChI=1S/C44H76NO2.ClH/c1-4-6-8-10-12-14-16-18-20-22-24-26-28-30-35-39-43(46)45(3,41-42-37-33-32-34-38-42)44(47)40-36-31-29-27-25-23-21-19-17-15-13-11-9-7-5-2;/h18-21,32-34,37-38H,4-17,22-31,35-36,39-41H2,1-3H3;1H/q+1;/p-1. The van der Waals surface area contributed by atoms with Gasteiger partial charge in [0.15, 0.2) is 0 Å². The third kappa shape index (κ3) is 25.3. The van der Waals surface area contributed by atoms with Crippen molar-refractivity contribution in [1.82, 2.24) is 0 Å². The molecule has 0 fully saturated rings. The molecular weight excluding hydrogens is 610 g/mol. The normalized spacial score (nSPS) is 12.8. The summed E-state index contributed by atoms with van der Waals surface area (Å²) in [7, 11) is 1.87. The maximum Gasteiger partial charge on any atom is 0.321 e. The molecule has 0 saturated carbocycles. The first-order chi connectivity index (χ1) is 23.0. The van der Waals surface area contributed by atoms with Gasteiger partial charge in [0.05, 0.1) is 19.9 Å². The number of rotatable bonds is 32. The van der Waals surface area contributed by atoms with Gasteiger partial charge in [0.2, 0.25) is 0 Å². The topological polar surface area (TPSA) is 34.1 Å². The van der Waals surface area contributed by atoms with Crippen molar-refractivity contribution in [2.75, 3.05) is 7.05 Å². The number of halogens is 1. The van der Waals surface area contributed by atoms with Gasteiger partial charge in [-0.05, 0) is 64.2 Å². The molecule has 1 aromatic rings. The summed E-state index contributed by atoms with van der Waals surface area (Å²) in [5.74, 6) is 0.174. The molecule has 0 N–H and O–H groups in total. The number of nitrogens with zero attached hydrogens (tertiary/aromatic N) is 1. The molecule has 3 nitrogen and oxygen atoms in total. The summed E-state index contributed by atoms with van der Waals surface area (Å²) >= 11 is 0. The molecule has 0 radical (unpaired) electrons. The van der Waals surface area contributed by atoms with E-state index in [-0.39, 0.29) is 28.7 Å². The van der Waals surface area contributed by atoms with Crippen LogP contribution < -0.4 is 12.4 Å². The zero-order valence-electron chi connectivity index (χ0n) is 31.8. The van der Waals surface area contributed by atoms with Gasteiger partial charge in [-0.1, -0.05) is 171 Å². The first-order valence-electron chi connectivity index (χ1n) is 20.3. The summed E-state index contributed by atoms with van der Waals surface area (Å²) in [5.41, 5.74) is 1.06. The van der Waals surface area contributed by atoms with Crippen molar-refractivity contribution in [3.63, 3.8) is 0 Å². The van der Waals surface area contributed by atoms with E-state index in [2.05, 4.69) is 38.2 Å². The largest absolute Gasteiger partial charge is 1.00 e. The quantitative estimate of drug-likeness (QED) is 0.0430. The Balaban J connectivity index is 0.0000221. The first-order valence-corrected chi connectivity index (χ1v) is 20.3. The minimum atomic E-state index is -0.0865. The number of hydrogen-bond donors (Lipinski definition) is 0. The third-order valence-corrected chi connectivity index (χ3v) is 9.75. The van der Waals surface area contributed by atoms with Gasteiger partial charge in [-0.25, -0.2) is 9.59 Å². The molecule has 0 aromatic heterocycles. The number of allylic oxidation sites excluding steroid dienone is 4. The van der Waals surface area contributed by atoms with Gasteiger partial charge < -0.3 is 12.4 Å². The highest BCUT2D eigenvalue weighted by Gasteiger charge is 2.38. The maximum atomic E-state index is 13.5. The molecule has 2 amide bonds. The van der Waals surface area contributed by atoms with Gasteiger partial charge in [-0.15, -0.1) is 0 Å². The summed E-state index contributed by atoms with van der Waals surface area (Å²) in [6, 6.07) is 10.1. The Morgan fingerprint density at radius 2 is 0.792 bits per heavy atom. The molecule has 0 spiro atoms. The molecule has 4 heteroatoms. The molecule has 276 valence electrons. The van der Waals surface area contributed by atoms with Crippen molar-refractivity contribution in [3.8, 4) is 0 Å². The Bertz CT molecular complexity index is 873. The zero-order chi connectivity index (χ0) is 34.1. The molecule has 1 aromatic carbocycles. The monoisotopic (exact) mass is 686 g/mol. The van der Waals surface area contributed by atoms with Gasteiger partial charge >= 0.3 is 11.8 Å². The van der Waals surface area contributed by atoms with E-state index in [0.717, 1.165) is 31.2 Å². The average Bonchev–Trinajstić information content (AvgIpc) is 3.08. The van der Waals surface area contributed by atoms with Crippen LogP contribution in [0.4, 0.5) is 0 Å². The van der Waals surface area contributed by atoms with Gasteiger partial charge in [-0.3, -0.25) is 0 Å². The van der Waals surface area contributed by atoms with Crippen molar-refractivity contribution < 1.29 is 26.5 Å². The molecule has 48 heavy (non-hydrogen) atoms. The number of benzene rings is 1. The van der Waals surface area contributed by atoms with E-state index < -0.39 is 0 Å². The fourth-order valence-electron chi connectivity index (χ4n) is 6.45. The molecule has 0 heterocycles. The summed E-state index contributed by atoms with van der Waals surface area (Å²) in [5, 5.41) is 0. The Hall–Kier alpha value is -1.71. The Kier molecular flexibility index (Phi) is 32.6. The maximum absolute atomic E-state index is 13.5. The number of imide groups is 1. The smallest absolute Gasteiger partial charge is 0.321 e. The molecule has 0 unspecified atom stereocenters. The molecule has 0 aliphatic rings. The van der Waals surface area contributed by atoms with Crippen LogP contribution in [0.3, 0.4) is 0 Å². The Labute approximate surface area is 304 Å². The van der Waals surface area contributed by atoms with Crippen LogP contribution in [0.15, 0.2) is 54.6 Å². The van der Waals surface area contributed by atoms with Crippen LogP contribution in [0.25, 0.3) is 0 Å². The number of quaternary nitrogens is 1. The van der Waals surface area contributed by atoms with Gasteiger partial charge in [0.25, 0.3) is 0 Å². The van der Waals surface area contributed by atoms with E-state index >= 15 is 0 Å². The number of unbranched alkanes of at least 4 members (excludes halogenated alkanes) is 22. The molecule has 1 rings (SSSR count). The lowest BCUT2D eigenvalue weighted by Crippen LogP contribution is -3.00. The second-order valence-electron chi connectivity index (χ2n) is 14.3. The van der Waals surface area contributed by atoms with Crippen molar-refractivity contribution in [2.24, 2.45) is 0 Å². The Morgan fingerprint density at radius 1 is 0.479 bits per heavy atom. The average molecular weight is 687 g/mol. The molecule has 0 aliphatic carbocycles. The van der Waals surface area contributed by atoms with E-state index in [4.69, 9.17) is 0 Å². The minimum Gasteiger partial charge on any atom is -1.00 e. The zero-order valence-corrected chi connectivity index (χ0v) is 32.6. The van der Waals surface area contributed by atoms with Crippen molar-refractivity contribution >= 4 is 11.8 Å². The second kappa shape index (κ2) is 33.8. The Morgan fingerprint density at radius 3 is 1.15 bits per heavy atom. The minimum absolute atomic E-state index is 0. The van der Waals surface area contributed by atoms with E-state index in [1.54, 1.807) is 0 Å². The molecule has 0 aliphatic heterocycles. The molecular formula is C44H76ClNO2. The van der Waals surface area contributed by atoms with Crippen LogP contribution in [-0.4, -0.2) is 23.3 Å². The van der Waals surface area contributed by atoms with Crippen molar-refractivity contribution in [3.05, 3.63) is 60.2 Å². The summed E-state index contributed by atoms with van der Waals surface area (Å²) in [6.07, 6.45) is 42.8. The fraction of sp³-hybridized carbons (Fsp3) is 0.727. The highest BCUT2D eigenvalue weighted by molar-refractivity contribution is 5.84. The van der Waals surface area contributed by atoms with Crippen LogP contribution in [0.2, 0.25) is 0 Å². The second-order valence-corrected chi connectivity index (χ2v) is 14.3. The number of carbonyl (C=O) groups is 2. The predicted molar refractivity (Wildman–Crippen MR) is 205 cm³/mol. The summed E-state index contributed by atoms with van der Waals surface area (Å²) < 4.78 is -0.0865. The summed E-state index contributed by atoms with van der Waals surface area (Å²) in [4.78, 5) is 27.1. The lowest BCUT2D eigenvalue weighted by molar-refractivity contribution is -0.772. The lowest BCUT2D eigenvalue weighted by atomic mass is 10.0. The number of hydrogen-bond acceptors (Lipinski definition) is 2. The van der Waals surface area contributed by atoms with Crippen LogP contribution in [-0.2, 0) is 16.1 Å².